The van der Waals surface area contributed by atoms with E-state index in [4.69, 9.17) is 10.5 Å². The van der Waals surface area contributed by atoms with Crippen LogP contribution in [0.1, 0.15) is 11.1 Å². The Labute approximate surface area is 120 Å². The highest BCUT2D eigenvalue weighted by Crippen LogP contribution is 2.48. The van der Waals surface area contributed by atoms with E-state index in [0.29, 0.717) is 28.2 Å². The van der Waals surface area contributed by atoms with E-state index in [1.807, 2.05) is 6.07 Å². The number of benzene rings is 2. The molecular formula is C16H10N2O3. The molecule has 0 spiro atoms. The van der Waals surface area contributed by atoms with Crippen LogP contribution in [0.15, 0.2) is 48.0 Å². The molecule has 102 valence electrons. The van der Waals surface area contributed by atoms with Crippen LogP contribution < -0.4 is 10.5 Å². The summed E-state index contributed by atoms with van der Waals surface area (Å²) < 4.78 is 5.71. The Morgan fingerprint density at radius 2 is 1.86 bits per heavy atom. The minimum Gasteiger partial charge on any atom is -0.507 e. The highest BCUT2D eigenvalue weighted by atomic mass is 16.5. The van der Waals surface area contributed by atoms with Gasteiger partial charge in [-0.15, -0.1) is 0 Å². The van der Waals surface area contributed by atoms with Gasteiger partial charge in [-0.05, 0) is 18.2 Å². The number of nitrogens with zero attached hydrogens (tertiary/aromatic N) is 1. The van der Waals surface area contributed by atoms with Gasteiger partial charge in [0.1, 0.15) is 28.9 Å². The molecule has 0 saturated carbocycles. The van der Waals surface area contributed by atoms with E-state index in [2.05, 4.69) is 0 Å². The molecule has 2 aromatic carbocycles. The lowest BCUT2D eigenvalue weighted by atomic mass is 9.89. The van der Waals surface area contributed by atoms with Gasteiger partial charge in [0.25, 0.3) is 5.91 Å². The average molecular weight is 278 g/mol. The van der Waals surface area contributed by atoms with Crippen molar-refractivity contribution in [1.29, 1.82) is 5.26 Å². The SMILES string of the molecule is N#C/C(C(N)=O)=C1/c2ccccc2Oc2cccc(O)c21. The highest BCUT2D eigenvalue weighted by molar-refractivity contribution is 6.09. The first kappa shape index (κ1) is 12.8. The summed E-state index contributed by atoms with van der Waals surface area (Å²) in [6, 6.07) is 13.5. The van der Waals surface area contributed by atoms with Crippen molar-refractivity contribution in [3.8, 4) is 23.3 Å². The molecule has 1 heterocycles. The fourth-order valence-electron chi connectivity index (χ4n) is 2.37. The third kappa shape index (κ3) is 1.90. The summed E-state index contributed by atoms with van der Waals surface area (Å²) in [5.41, 5.74) is 6.22. The topological polar surface area (TPSA) is 96.3 Å². The summed E-state index contributed by atoms with van der Waals surface area (Å²) in [5, 5.41) is 19.4. The molecule has 0 fully saturated rings. The third-order valence-corrected chi connectivity index (χ3v) is 3.24. The van der Waals surface area contributed by atoms with E-state index in [1.165, 1.54) is 6.07 Å². The van der Waals surface area contributed by atoms with Gasteiger partial charge < -0.3 is 15.6 Å². The number of phenolic OH excluding ortho intramolecular Hbond substituents is 1. The standard InChI is InChI=1S/C16H10N2O3/c17-8-10(16(18)20)14-9-4-1-2-6-12(9)21-13-7-3-5-11(19)15(13)14/h1-7,19H,(H2,18,20)/b14-10+. The Kier molecular flexibility index (Phi) is 2.85. The molecule has 3 rings (SSSR count). The predicted molar refractivity (Wildman–Crippen MR) is 75.5 cm³/mol. The lowest BCUT2D eigenvalue weighted by Crippen LogP contribution is -2.16. The number of nitriles is 1. The Morgan fingerprint density at radius 1 is 1.14 bits per heavy atom. The van der Waals surface area contributed by atoms with Crippen LogP contribution in [-0.4, -0.2) is 11.0 Å². The summed E-state index contributed by atoms with van der Waals surface area (Å²) in [4.78, 5) is 11.6. The van der Waals surface area contributed by atoms with Crippen LogP contribution in [0.25, 0.3) is 5.57 Å². The van der Waals surface area contributed by atoms with Crippen molar-refractivity contribution in [2.75, 3.05) is 0 Å². The van der Waals surface area contributed by atoms with Gasteiger partial charge in [-0.1, -0.05) is 24.3 Å². The number of hydrogen-bond acceptors (Lipinski definition) is 4. The van der Waals surface area contributed by atoms with Crippen LogP contribution in [0.5, 0.6) is 17.2 Å². The van der Waals surface area contributed by atoms with Crippen LogP contribution in [-0.2, 0) is 4.79 Å². The van der Waals surface area contributed by atoms with E-state index in [-0.39, 0.29) is 11.3 Å². The lowest BCUT2D eigenvalue weighted by molar-refractivity contribution is -0.114. The van der Waals surface area contributed by atoms with Crippen molar-refractivity contribution in [1.82, 2.24) is 0 Å². The van der Waals surface area contributed by atoms with Gasteiger partial charge in [-0.2, -0.15) is 5.26 Å². The molecule has 5 heteroatoms. The van der Waals surface area contributed by atoms with Gasteiger partial charge in [0, 0.05) is 11.1 Å². The molecule has 0 radical (unpaired) electrons. The maximum Gasteiger partial charge on any atom is 0.260 e. The second-order valence-electron chi connectivity index (χ2n) is 4.47. The number of ether oxygens (including phenoxy) is 1. The van der Waals surface area contributed by atoms with Gasteiger partial charge in [-0.3, -0.25) is 4.79 Å². The van der Waals surface area contributed by atoms with Crippen LogP contribution in [0.4, 0.5) is 0 Å². The fourth-order valence-corrected chi connectivity index (χ4v) is 2.37. The van der Waals surface area contributed by atoms with Gasteiger partial charge >= 0.3 is 0 Å². The molecule has 0 bridgehead atoms. The molecule has 5 nitrogen and oxygen atoms in total. The second-order valence-corrected chi connectivity index (χ2v) is 4.47. The molecule has 3 N–H and O–H groups in total. The van der Waals surface area contributed by atoms with E-state index in [9.17, 15) is 15.2 Å². The molecule has 1 aliphatic rings. The van der Waals surface area contributed by atoms with Crippen molar-refractivity contribution in [3.63, 3.8) is 0 Å². The Hall–Kier alpha value is -3.26. The number of aromatic hydroxyl groups is 1. The molecule has 0 aromatic heterocycles. The molecule has 0 unspecified atom stereocenters. The maximum absolute atomic E-state index is 11.6. The Bertz CT molecular complexity index is 832. The number of hydrogen-bond donors (Lipinski definition) is 2. The van der Waals surface area contributed by atoms with Crippen molar-refractivity contribution in [2.24, 2.45) is 5.73 Å². The minimum atomic E-state index is -0.849. The molecule has 21 heavy (non-hydrogen) atoms. The summed E-state index contributed by atoms with van der Waals surface area (Å²) in [7, 11) is 0. The zero-order valence-corrected chi connectivity index (χ0v) is 10.8. The third-order valence-electron chi connectivity index (χ3n) is 3.24. The maximum atomic E-state index is 11.6. The monoisotopic (exact) mass is 278 g/mol. The van der Waals surface area contributed by atoms with Gasteiger partial charge in [0.05, 0.1) is 5.56 Å². The zero-order chi connectivity index (χ0) is 15.0. The van der Waals surface area contributed by atoms with Crippen molar-refractivity contribution in [2.45, 2.75) is 0 Å². The van der Waals surface area contributed by atoms with Gasteiger partial charge in [0.2, 0.25) is 0 Å². The number of fused-ring (bicyclic) bond motifs is 2. The Morgan fingerprint density at radius 3 is 2.57 bits per heavy atom. The first-order chi connectivity index (χ1) is 10.1. The number of nitrogens with two attached hydrogens (primary N) is 1. The fraction of sp³-hybridized carbons (Fsp3) is 0. The van der Waals surface area contributed by atoms with E-state index in [1.54, 1.807) is 36.4 Å². The van der Waals surface area contributed by atoms with Gasteiger partial charge in [0.15, 0.2) is 0 Å². The van der Waals surface area contributed by atoms with Crippen LogP contribution in [0, 0.1) is 11.3 Å². The van der Waals surface area contributed by atoms with E-state index in [0.717, 1.165) is 0 Å². The molecule has 0 saturated heterocycles. The highest BCUT2D eigenvalue weighted by Gasteiger charge is 2.28. The number of para-hydroxylation sites is 1. The van der Waals surface area contributed by atoms with Crippen LogP contribution in [0.3, 0.4) is 0 Å². The summed E-state index contributed by atoms with van der Waals surface area (Å²) in [5.74, 6) is -0.0540. The number of carbonyl (C=O) groups is 1. The number of phenols is 1. The summed E-state index contributed by atoms with van der Waals surface area (Å²) in [6.45, 7) is 0. The normalized spacial score (nSPS) is 14.2. The first-order valence-electron chi connectivity index (χ1n) is 6.17. The zero-order valence-electron chi connectivity index (χ0n) is 10.8. The number of primary amides is 1. The van der Waals surface area contributed by atoms with Crippen molar-refractivity contribution in [3.05, 3.63) is 59.2 Å². The van der Waals surface area contributed by atoms with Crippen molar-refractivity contribution < 1.29 is 14.6 Å². The second kappa shape index (κ2) is 4.69. The van der Waals surface area contributed by atoms with Gasteiger partial charge in [-0.25, -0.2) is 0 Å². The Balaban J connectivity index is 2.45. The molecule has 1 amide bonds. The summed E-state index contributed by atoms with van der Waals surface area (Å²) >= 11 is 0. The van der Waals surface area contributed by atoms with Crippen LogP contribution >= 0.6 is 0 Å². The molecule has 0 aliphatic carbocycles. The molecule has 1 aliphatic heterocycles. The first-order valence-corrected chi connectivity index (χ1v) is 6.17. The number of amides is 1. The number of carbonyl (C=O) groups excluding carboxylic acids is 1. The quantitative estimate of drug-likeness (QED) is 0.527. The molecule has 2 aromatic rings. The molecular weight excluding hydrogens is 268 g/mol. The largest absolute Gasteiger partial charge is 0.507 e. The predicted octanol–water partition coefficient (Wildman–Crippen LogP) is 2.31. The van der Waals surface area contributed by atoms with Crippen molar-refractivity contribution >= 4 is 11.5 Å². The lowest BCUT2D eigenvalue weighted by Gasteiger charge is -2.24. The average Bonchev–Trinajstić information content (AvgIpc) is 2.47. The van der Waals surface area contributed by atoms with E-state index < -0.39 is 5.91 Å². The smallest absolute Gasteiger partial charge is 0.260 e. The van der Waals surface area contributed by atoms with E-state index >= 15 is 0 Å². The summed E-state index contributed by atoms with van der Waals surface area (Å²) in [6.07, 6.45) is 0. The molecule has 0 atom stereocenters. The number of rotatable bonds is 1. The minimum absolute atomic E-state index is 0.0778. The van der Waals surface area contributed by atoms with Crippen LogP contribution in [0.2, 0.25) is 0 Å².